The molecule has 0 aliphatic carbocycles. The second-order valence-electron chi connectivity index (χ2n) is 3.37. The van der Waals surface area contributed by atoms with E-state index in [1.807, 2.05) is 18.2 Å². The molecular weight excluding hydrogens is 236 g/mol. The Morgan fingerprint density at radius 1 is 1.35 bits per heavy atom. The molecular formula is C12H9ClN4. The normalized spacial score (nSPS) is 9.65. The van der Waals surface area contributed by atoms with Crippen molar-refractivity contribution in [3.8, 4) is 6.07 Å². The summed E-state index contributed by atoms with van der Waals surface area (Å²) >= 11 is 5.87. The van der Waals surface area contributed by atoms with E-state index in [-0.39, 0.29) is 0 Å². The minimum atomic E-state index is 0.329. The number of pyridine rings is 1. The molecule has 0 spiro atoms. The summed E-state index contributed by atoms with van der Waals surface area (Å²) < 4.78 is 0. The van der Waals surface area contributed by atoms with Crippen LogP contribution in [0.4, 0.5) is 17.2 Å². The summed E-state index contributed by atoms with van der Waals surface area (Å²) in [7, 11) is 0. The van der Waals surface area contributed by atoms with Gasteiger partial charge in [-0.1, -0.05) is 17.7 Å². The van der Waals surface area contributed by atoms with Crippen LogP contribution in [0.15, 0.2) is 36.5 Å². The first-order chi connectivity index (χ1) is 8.20. The van der Waals surface area contributed by atoms with Crippen molar-refractivity contribution in [2.75, 3.05) is 11.1 Å². The maximum absolute atomic E-state index is 8.85. The second-order valence-corrected chi connectivity index (χ2v) is 3.80. The van der Waals surface area contributed by atoms with E-state index in [2.05, 4.69) is 10.3 Å². The minimum absolute atomic E-state index is 0.329. The van der Waals surface area contributed by atoms with Gasteiger partial charge in [-0.15, -0.1) is 0 Å². The molecule has 0 radical (unpaired) electrons. The van der Waals surface area contributed by atoms with E-state index in [9.17, 15) is 0 Å². The number of benzene rings is 1. The molecule has 17 heavy (non-hydrogen) atoms. The van der Waals surface area contributed by atoms with E-state index in [4.69, 9.17) is 22.6 Å². The van der Waals surface area contributed by atoms with E-state index in [0.717, 1.165) is 5.69 Å². The fraction of sp³-hybridized carbons (Fsp3) is 0. The third kappa shape index (κ3) is 2.47. The maximum Gasteiger partial charge on any atom is 0.154 e. The number of nitrogens with two attached hydrogens (primary N) is 1. The number of nitrogens with zero attached hydrogens (tertiary/aromatic N) is 2. The minimum Gasteiger partial charge on any atom is -0.395 e. The number of anilines is 3. The van der Waals surface area contributed by atoms with Gasteiger partial charge in [0.1, 0.15) is 6.07 Å². The molecule has 84 valence electrons. The van der Waals surface area contributed by atoms with Crippen molar-refractivity contribution in [2.45, 2.75) is 0 Å². The van der Waals surface area contributed by atoms with E-state index >= 15 is 0 Å². The zero-order valence-corrected chi connectivity index (χ0v) is 9.57. The highest BCUT2D eigenvalue weighted by Gasteiger charge is 2.06. The summed E-state index contributed by atoms with van der Waals surface area (Å²) in [5, 5.41) is 12.5. The molecule has 5 heteroatoms. The van der Waals surface area contributed by atoms with Crippen molar-refractivity contribution < 1.29 is 0 Å². The Morgan fingerprint density at radius 3 is 2.88 bits per heavy atom. The molecule has 3 N–H and O–H groups in total. The van der Waals surface area contributed by atoms with Gasteiger partial charge >= 0.3 is 0 Å². The van der Waals surface area contributed by atoms with Crippen molar-refractivity contribution in [1.29, 1.82) is 5.26 Å². The Hall–Kier alpha value is -2.25. The van der Waals surface area contributed by atoms with Crippen LogP contribution >= 0.6 is 11.6 Å². The number of nitrogen functional groups attached to an aromatic ring is 1. The molecule has 1 aromatic carbocycles. The van der Waals surface area contributed by atoms with Crippen LogP contribution < -0.4 is 11.1 Å². The van der Waals surface area contributed by atoms with Gasteiger partial charge in [0.2, 0.25) is 0 Å². The highest BCUT2D eigenvalue weighted by atomic mass is 35.5. The van der Waals surface area contributed by atoms with Crippen LogP contribution in [0.2, 0.25) is 5.02 Å². The van der Waals surface area contributed by atoms with Crippen LogP contribution in [0.25, 0.3) is 0 Å². The first kappa shape index (κ1) is 11.2. The van der Waals surface area contributed by atoms with Crippen LogP contribution in [0.5, 0.6) is 0 Å². The molecule has 0 saturated carbocycles. The van der Waals surface area contributed by atoms with Crippen LogP contribution in [0.3, 0.4) is 0 Å². The van der Waals surface area contributed by atoms with Gasteiger partial charge in [-0.25, -0.2) is 4.98 Å². The van der Waals surface area contributed by atoms with Gasteiger partial charge in [-0.3, -0.25) is 0 Å². The summed E-state index contributed by atoms with van der Waals surface area (Å²) in [4.78, 5) is 4.08. The Morgan fingerprint density at radius 2 is 2.18 bits per heavy atom. The third-order valence-corrected chi connectivity index (χ3v) is 2.43. The zero-order chi connectivity index (χ0) is 12.3. The van der Waals surface area contributed by atoms with E-state index in [0.29, 0.717) is 22.1 Å². The van der Waals surface area contributed by atoms with Crippen LogP contribution in [-0.2, 0) is 0 Å². The monoisotopic (exact) mass is 244 g/mol. The fourth-order valence-corrected chi connectivity index (χ4v) is 1.56. The maximum atomic E-state index is 8.85. The van der Waals surface area contributed by atoms with Crippen molar-refractivity contribution in [2.24, 2.45) is 0 Å². The highest BCUT2D eigenvalue weighted by Crippen LogP contribution is 2.24. The van der Waals surface area contributed by atoms with Crippen molar-refractivity contribution in [1.82, 2.24) is 4.98 Å². The van der Waals surface area contributed by atoms with Gasteiger partial charge in [0.15, 0.2) is 5.82 Å². The number of halogens is 1. The van der Waals surface area contributed by atoms with Gasteiger partial charge < -0.3 is 11.1 Å². The molecule has 4 nitrogen and oxygen atoms in total. The second kappa shape index (κ2) is 4.73. The first-order valence-electron chi connectivity index (χ1n) is 4.88. The molecule has 1 aromatic heterocycles. The Labute approximate surface area is 104 Å². The standard InChI is InChI=1S/C12H9ClN4/c13-9-2-1-3-10(6-9)17-12-11(15)8(7-14)4-5-16-12/h1-6H,15H2,(H,16,17). The molecule has 0 unspecified atom stereocenters. The summed E-state index contributed by atoms with van der Waals surface area (Å²) in [6.07, 6.45) is 1.53. The number of hydrogen-bond donors (Lipinski definition) is 2. The number of hydrogen-bond acceptors (Lipinski definition) is 4. The van der Waals surface area contributed by atoms with Gasteiger partial charge in [0, 0.05) is 16.9 Å². The number of rotatable bonds is 2. The lowest BCUT2D eigenvalue weighted by molar-refractivity contribution is 1.30. The largest absolute Gasteiger partial charge is 0.395 e. The molecule has 0 bridgehead atoms. The number of nitrogens with one attached hydrogen (secondary N) is 1. The molecule has 0 amide bonds. The van der Waals surface area contributed by atoms with E-state index in [1.54, 1.807) is 18.2 Å². The predicted octanol–water partition coefficient (Wildman–Crippen LogP) is 2.93. The topological polar surface area (TPSA) is 74.7 Å². The molecule has 0 aliphatic rings. The molecule has 2 aromatic rings. The lowest BCUT2D eigenvalue weighted by Gasteiger charge is -2.08. The Kier molecular flexibility index (Phi) is 3.12. The molecule has 0 aliphatic heterocycles. The fourth-order valence-electron chi connectivity index (χ4n) is 1.37. The Balaban J connectivity index is 2.34. The number of nitriles is 1. The molecule has 0 saturated heterocycles. The van der Waals surface area contributed by atoms with Crippen molar-refractivity contribution >= 4 is 28.8 Å². The average molecular weight is 245 g/mol. The summed E-state index contributed by atoms with van der Waals surface area (Å²) in [6.45, 7) is 0. The van der Waals surface area contributed by atoms with Gasteiger partial charge in [0.05, 0.1) is 11.3 Å². The summed E-state index contributed by atoms with van der Waals surface area (Å²) in [5.74, 6) is 0.450. The first-order valence-corrected chi connectivity index (χ1v) is 5.25. The average Bonchev–Trinajstić information content (AvgIpc) is 2.32. The van der Waals surface area contributed by atoms with Gasteiger partial charge in [-0.05, 0) is 24.3 Å². The third-order valence-electron chi connectivity index (χ3n) is 2.20. The lowest BCUT2D eigenvalue weighted by Crippen LogP contribution is -2.01. The predicted molar refractivity (Wildman–Crippen MR) is 68.1 cm³/mol. The highest BCUT2D eigenvalue weighted by molar-refractivity contribution is 6.30. The summed E-state index contributed by atoms with van der Waals surface area (Å²) in [6, 6.07) is 10.7. The van der Waals surface area contributed by atoms with Gasteiger partial charge in [0.25, 0.3) is 0 Å². The zero-order valence-electron chi connectivity index (χ0n) is 8.81. The smallest absolute Gasteiger partial charge is 0.154 e. The SMILES string of the molecule is N#Cc1ccnc(Nc2cccc(Cl)c2)c1N. The van der Waals surface area contributed by atoms with Crippen LogP contribution in [0, 0.1) is 11.3 Å². The van der Waals surface area contributed by atoms with Crippen molar-refractivity contribution in [3.05, 3.63) is 47.1 Å². The number of aromatic nitrogens is 1. The lowest BCUT2D eigenvalue weighted by atomic mass is 10.2. The summed E-state index contributed by atoms with van der Waals surface area (Å²) in [5.41, 5.74) is 7.29. The van der Waals surface area contributed by atoms with Crippen molar-refractivity contribution in [3.63, 3.8) is 0 Å². The molecule has 0 atom stereocenters. The van der Waals surface area contributed by atoms with Crippen LogP contribution in [-0.4, -0.2) is 4.98 Å². The Bertz CT molecular complexity index is 589. The molecule has 0 fully saturated rings. The van der Waals surface area contributed by atoms with Crippen LogP contribution in [0.1, 0.15) is 5.56 Å². The van der Waals surface area contributed by atoms with E-state index < -0.39 is 0 Å². The van der Waals surface area contributed by atoms with Gasteiger partial charge in [-0.2, -0.15) is 5.26 Å². The van der Waals surface area contributed by atoms with E-state index in [1.165, 1.54) is 6.20 Å². The molecule has 2 rings (SSSR count). The quantitative estimate of drug-likeness (QED) is 0.852. The molecule has 1 heterocycles.